The highest BCUT2D eigenvalue weighted by Gasteiger charge is 2.25. The van der Waals surface area contributed by atoms with Gasteiger partial charge in [0.05, 0.1) is 5.69 Å². The molecular weight excluding hydrogens is 1150 g/mol. The molecule has 11 rings (SSSR count). The number of imide groups is 1. The summed E-state index contributed by atoms with van der Waals surface area (Å²) in [5.74, 6) is 2.81. The lowest BCUT2D eigenvalue weighted by Crippen LogP contribution is -2.29. The Kier molecular flexibility index (Phi) is 65.8. The summed E-state index contributed by atoms with van der Waals surface area (Å²) in [7, 11) is 6.50. The van der Waals surface area contributed by atoms with E-state index in [9.17, 15) is 9.59 Å². The highest BCUT2D eigenvalue weighted by Crippen LogP contribution is 2.35. The van der Waals surface area contributed by atoms with Crippen LogP contribution < -0.4 is 14.4 Å². The first kappa shape index (κ1) is 91.0. The number of carbonyl (C=O) groups is 2. The van der Waals surface area contributed by atoms with Crippen molar-refractivity contribution in [2.75, 3.05) is 33.3 Å². The van der Waals surface area contributed by atoms with Gasteiger partial charge in [-0.25, -0.2) is 4.90 Å². The van der Waals surface area contributed by atoms with Gasteiger partial charge < -0.3 is 18.9 Å². The number of nitrogens with zero attached hydrogens (tertiary/aromatic N) is 1. The Morgan fingerprint density at radius 3 is 0.628 bits per heavy atom. The molecule has 10 aromatic carbocycles. The fourth-order valence-electron chi connectivity index (χ4n) is 6.69. The number of anilines is 1. The van der Waals surface area contributed by atoms with Crippen LogP contribution in [0.5, 0.6) is 23.0 Å². The van der Waals surface area contributed by atoms with E-state index in [4.69, 9.17) is 9.47 Å². The summed E-state index contributed by atoms with van der Waals surface area (Å²) in [5.41, 5.74) is 5.39. The van der Waals surface area contributed by atoms with Crippen LogP contribution in [0.4, 0.5) is 5.69 Å². The highest BCUT2D eigenvalue weighted by atomic mass is 16.5. The zero-order valence-corrected chi connectivity index (χ0v) is 60.9. The molecule has 0 fully saturated rings. The topological polar surface area (TPSA) is 74.3 Å². The number of carbonyl (C=O) groups excluding carboxylic acids is 2. The molecule has 10 aromatic rings. The van der Waals surface area contributed by atoms with Crippen molar-refractivity contribution in [3.05, 3.63) is 344 Å². The van der Waals surface area contributed by atoms with Crippen LogP contribution in [0.3, 0.4) is 0 Å². The molecule has 1 aliphatic heterocycles. The van der Waals surface area contributed by atoms with Crippen molar-refractivity contribution in [1.29, 1.82) is 0 Å². The van der Waals surface area contributed by atoms with Gasteiger partial charge in [-0.05, 0) is 85.6 Å². The number of rotatable bonds is 7. The summed E-state index contributed by atoms with van der Waals surface area (Å²) in [6.45, 7) is 33.1. The van der Waals surface area contributed by atoms with Crippen LogP contribution in [0.25, 0.3) is 0 Å². The van der Waals surface area contributed by atoms with Crippen molar-refractivity contribution < 1.29 is 28.5 Å². The normalized spacial score (nSPS) is 9.43. The Bertz CT molecular complexity index is 2650. The van der Waals surface area contributed by atoms with Crippen molar-refractivity contribution in [3.8, 4) is 23.0 Å². The van der Waals surface area contributed by atoms with E-state index in [0.717, 1.165) is 27.9 Å². The van der Waals surface area contributed by atoms with Crippen molar-refractivity contribution in [2.45, 2.75) is 129 Å². The summed E-state index contributed by atoms with van der Waals surface area (Å²) >= 11 is 0. The molecule has 1 aliphatic rings. The molecule has 0 saturated carbocycles. The Balaban J connectivity index is -0.000000533. The summed E-state index contributed by atoms with van der Waals surface area (Å²) in [6, 6.07) is 102. The SMILES string of the molecule is CC.CC.CC.CC.CCC.CCC.COC.COC.Cc1ccc(Oc2ccc(C(C)(C)c3ccc(Oc4ccc(C)cc4)cc3)cc2)cc1.O=C1C=CC(=O)N1c1ccccc1.c1ccccc1.c1ccccc1.c1ccccc1.c1ccccc1.c1ccccc1. The maximum Gasteiger partial charge on any atom is 0.258 e. The second-order valence-electron chi connectivity index (χ2n) is 19.2. The zero-order chi connectivity index (χ0) is 71.1. The zero-order valence-electron chi connectivity index (χ0n) is 60.9. The van der Waals surface area contributed by atoms with E-state index in [0.29, 0.717) is 5.69 Å². The Morgan fingerprint density at radius 2 is 0.447 bits per heavy atom. The predicted octanol–water partition coefficient (Wildman–Crippen LogP) is 25.2. The van der Waals surface area contributed by atoms with Crippen molar-refractivity contribution in [1.82, 2.24) is 0 Å². The van der Waals surface area contributed by atoms with E-state index in [2.05, 4.69) is 113 Å². The summed E-state index contributed by atoms with van der Waals surface area (Å²) in [5, 5.41) is 0. The molecule has 0 bridgehead atoms. The first-order chi connectivity index (χ1) is 45.8. The molecule has 506 valence electrons. The van der Waals surface area contributed by atoms with E-state index in [-0.39, 0.29) is 17.2 Å². The number of ether oxygens (including phenoxy) is 4. The first-order valence-corrected chi connectivity index (χ1v) is 33.0. The molecule has 0 radical (unpaired) electrons. The summed E-state index contributed by atoms with van der Waals surface area (Å²) in [4.78, 5) is 23.5. The molecule has 0 unspecified atom stereocenters. The number of methoxy groups -OCH3 is 2. The van der Waals surface area contributed by atoms with Gasteiger partial charge in [0.25, 0.3) is 11.8 Å². The maximum absolute atomic E-state index is 11.2. The van der Waals surface area contributed by atoms with E-state index in [1.165, 1.54) is 47.2 Å². The average molecular weight is 1270 g/mol. The second-order valence-corrected chi connectivity index (χ2v) is 19.2. The molecule has 0 atom stereocenters. The number of amides is 2. The monoisotopic (exact) mass is 1270 g/mol. The minimum atomic E-state index is -0.281. The molecular formula is C87H117NO6. The van der Waals surface area contributed by atoms with Gasteiger partial charge in [0.15, 0.2) is 0 Å². The molecule has 7 heteroatoms. The van der Waals surface area contributed by atoms with Gasteiger partial charge in [-0.2, -0.15) is 0 Å². The largest absolute Gasteiger partial charge is 0.457 e. The Labute approximate surface area is 572 Å². The smallest absolute Gasteiger partial charge is 0.258 e. The van der Waals surface area contributed by atoms with Gasteiger partial charge in [-0.3, -0.25) is 9.59 Å². The van der Waals surface area contributed by atoms with Crippen LogP contribution in [-0.2, 0) is 24.5 Å². The lowest BCUT2D eigenvalue weighted by atomic mass is 9.78. The standard InChI is InChI=1S/C29H28O2.C10H7NO2.5C6H6.2C3H8.2C2H6O.4C2H6/c1-21-5-13-25(14-6-21)30-27-17-9-23(10-18-27)29(3,4)24-11-19-28(20-12-24)31-26-15-7-22(2)8-16-26;12-9-6-7-10(13)11(9)8-4-2-1-3-5-8;5*1-2-4-6-5-3-1;4*1-3-2;4*1-2/h5-20H,1-4H3;1-7H;5*1-6H;2*3H2,1-2H3;2*1-2H3;4*1-2H3. The maximum atomic E-state index is 11.2. The molecule has 0 spiro atoms. The lowest BCUT2D eigenvalue weighted by Gasteiger charge is -2.26. The van der Waals surface area contributed by atoms with Crippen LogP contribution in [0.1, 0.15) is 132 Å². The van der Waals surface area contributed by atoms with Crippen LogP contribution in [-0.4, -0.2) is 40.3 Å². The molecule has 0 aromatic heterocycles. The molecule has 7 nitrogen and oxygen atoms in total. The lowest BCUT2D eigenvalue weighted by molar-refractivity contribution is -0.120. The number of para-hydroxylation sites is 1. The number of hydrogen-bond acceptors (Lipinski definition) is 6. The first-order valence-electron chi connectivity index (χ1n) is 33.0. The summed E-state index contributed by atoms with van der Waals surface area (Å²) in [6.07, 6.45) is 5.05. The number of benzene rings is 10. The predicted molar refractivity (Wildman–Crippen MR) is 411 cm³/mol. The molecule has 0 N–H and O–H groups in total. The number of hydrogen-bond donors (Lipinski definition) is 0. The van der Waals surface area contributed by atoms with Crippen LogP contribution in [0.2, 0.25) is 0 Å². The molecule has 94 heavy (non-hydrogen) atoms. The van der Waals surface area contributed by atoms with E-state index < -0.39 is 0 Å². The quantitative estimate of drug-likeness (QED) is 0.148. The fraction of sp³-hybridized carbons (Fsp3) is 0.264. The minimum absolute atomic E-state index is 0.134. The van der Waals surface area contributed by atoms with Crippen molar-refractivity contribution >= 4 is 17.5 Å². The molecule has 0 aliphatic carbocycles. The summed E-state index contributed by atoms with van der Waals surface area (Å²) < 4.78 is 20.4. The van der Waals surface area contributed by atoms with Crippen molar-refractivity contribution in [2.24, 2.45) is 0 Å². The third kappa shape index (κ3) is 49.3. The van der Waals surface area contributed by atoms with Gasteiger partial charge >= 0.3 is 0 Å². The molecule has 2 amide bonds. The van der Waals surface area contributed by atoms with Gasteiger partial charge in [0.1, 0.15) is 23.0 Å². The highest BCUT2D eigenvalue weighted by molar-refractivity contribution is 6.28. The van der Waals surface area contributed by atoms with Gasteiger partial charge in [-0.1, -0.05) is 370 Å². The Hall–Kier alpha value is -9.40. The fourth-order valence-corrected chi connectivity index (χ4v) is 6.69. The van der Waals surface area contributed by atoms with Crippen LogP contribution in [0.15, 0.2) is 322 Å². The molecule has 0 saturated heterocycles. The third-order valence-electron chi connectivity index (χ3n) is 10.8. The molecule has 1 heterocycles. The van der Waals surface area contributed by atoms with Crippen molar-refractivity contribution in [3.63, 3.8) is 0 Å². The van der Waals surface area contributed by atoms with Crippen LogP contribution in [0, 0.1) is 13.8 Å². The van der Waals surface area contributed by atoms with E-state index in [1.807, 2.05) is 292 Å². The van der Waals surface area contributed by atoms with Gasteiger partial charge in [-0.15, -0.1) is 0 Å². The average Bonchev–Trinajstić information content (AvgIpc) is 0.964. The van der Waals surface area contributed by atoms with E-state index >= 15 is 0 Å². The Morgan fingerprint density at radius 1 is 0.287 bits per heavy atom. The minimum Gasteiger partial charge on any atom is -0.457 e. The van der Waals surface area contributed by atoms with Gasteiger partial charge in [0, 0.05) is 46.0 Å². The number of aryl methyl sites for hydroxylation is 2. The van der Waals surface area contributed by atoms with Crippen LogP contribution >= 0.6 is 0 Å². The van der Waals surface area contributed by atoms with Gasteiger partial charge in [0.2, 0.25) is 0 Å². The third-order valence-corrected chi connectivity index (χ3v) is 10.8. The van der Waals surface area contributed by atoms with E-state index in [1.54, 1.807) is 52.7 Å². The second kappa shape index (κ2) is 68.0.